The minimum absolute atomic E-state index is 0.0284. The van der Waals surface area contributed by atoms with E-state index in [4.69, 9.17) is 11.6 Å². The molecule has 0 N–H and O–H groups in total. The molecule has 0 amide bonds. The van der Waals surface area contributed by atoms with Crippen LogP contribution in [0.25, 0.3) is 0 Å². The smallest absolute Gasteiger partial charge is 0.140 e. The Hall–Kier alpha value is -0.890. The molecular formula is C13H16ClFO. The van der Waals surface area contributed by atoms with E-state index in [1.54, 1.807) is 0 Å². The predicted octanol–water partition coefficient (Wildman–Crippen LogP) is 3.88. The van der Waals surface area contributed by atoms with Gasteiger partial charge in [-0.1, -0.05) is 32.4 Å². The average molecular weight is 243 g/mol. The summed E-state index contributed by atoms with van der Waals surface area (Å²) in [6.07, 6.45) is 0.204. The van der Waals surface area contributed by atoms with Crippen LogP contribution in [0.3, 0.4) is 0 Å². The molecule has 0 radical (unpaired) electrons. The SMILES string of the molecule is CC(C)C(C)C(=O)Cc1cc(F)ccc1Cl. The molecule has 1 atom stereocenters. The Kier molecular flexibility index (Phi) is 4.48. The third-order valence-corrected chi connectivity index (χ3v) is 3.25. The number of halogens is 2. The molecule has 0 saturated carbocycles. The van der Waals surface area contributed by atoms with E-state index in [-0.39, 0.29) is 23.9 Å². The molecule has 0 saturated heterocycles. The quantitative estimate of drug-likeness (QED) is 0.783. The third kappa shape index (κ3) is 3.31. The van der Waals surface area contributed by atoms with Crippen molar-refractivity contribution in [1.29, 1.82) is 0 Å². The summed E-state index contributed by atoms with van der Waals surface area (Å²) in [5.74, 6) is 0.00562. The zero-order chi connectivity index (χ0) is 12.3. The number of hydrogen-bond donors (Lipinski definition) is 0. The lowest BCUT2D eigenvalue weighted by molar-refractivity contribution is -0.122. The fraction of sp³-hybridized carbons (Fsp3) is 0.462. The summed E-state index contributed by atoms with van der Waals surface area (Å²) in [6, 6.07) is 4.11. The van der Waals surface area contributed by atoms with Crippen molar-refractivity contribution >= 4 is 17.4 Å². The minimum Gasteiger partial charge on any atom is -0.299 e. The van der Waals surface area contributed by atoms with Crippen molar-refractivity contribution in [2.24, 2.45) is 11.8 Å². The molecule has 1 rings (SSSR count). The van der Waals surface area contributed by atoms with Gasteiger partial charge in [-0.3, -0.25) is 4.79 Å². The number of ketones is 1. The Balaban J connectivity index is 2.80. The summed E-state index contributed by atoms with van der Waals surface area (Å²) in [6.45, 7) is 5.88. The molecular weight excluding hydrogens is 227 g/mol. The zero-order valence-electron chi connectivity index (χ0n) is 9.76. The van der Waals surface area contributed by atoms with Gasteiger partial charge in [-0.2, -0.15) is 0 Å². The van der Waals surface area contributed by atoms with Crippen LogP contribution in [0.4, 0.5) is 4.39 Å². The molecule has 3 heteroatoms. The summed E-state index contributed by atoms with van der Waals surface area (Å²) >= 11 is 5.91. The van der Waals surface area contributed by atoms with E-state index >= 15 is 0 Å². The van der Waals surface area contributed by atoms with E-state index in [0.717, 1.165) is 0 Å². The van der Waals surface area contributed by atoms with E-state index < -0.39 is 0 Å². The van der Waals surface area contributed by atoms with Crippen molar-refractivity contribution < 1.29 is 9.18 Å². The van der Waals surface area contributed by atoms with E-state index in [0.29, 0.717) is 16.5 Å². The predicted molar refractivity (Wildman–Crippen MR) is 64.1 cm³/mol. The third-order valence-electron chi connectivity index (χ3n) is 2.88. The van der Waals surface area contributed by atoms with Gasteiger partial charge in [0.2, 0.25) is 0 Å². The second-order valence-electron chi connectivity index (χ2n) is 4.41. The van der Waals surface area contributed by atoms with Gasteiger partial charge in [0.05, 0.1) is 0 Å². The largest absolute Gasteiger partial charge is 0.299 e. The van der Waals surface area contributed by atoms with Crippen molar-refractivity contribution in [3.05, 3.63) is 34.6 Å². The average Bonchev–Trinajstić information content (AvgIpc) is 2.22. The first kappa shape index (κ1) is 13.2. The maximum absolute atomic E-state index is 13.0. The van der Waals surface area contributed by atoms with Crippen LogP contribution in [0.2, 0.25) is 5.02 Å². The number of carbonyl (C=O) groups is 1. The lowest BCUT2D eigenvalue weighted by Crippen LogP contribution is -2.19. The Morgan fingerprint density at radius 1 is 1.38 bits per heavy atom. The number of rotatable bonds is 4. The fourth-order valence-electron chi connectivity index (χ4n) is 1.40. The summed E-state index contributed by atoms with van der Waals surface area (Å²) in [5.41, 5.74) is 0.569. The van der Waals surface area contributed by atoms with Gasteiger partial charge in [-0.25, -0.2) is 4.39 Å². The van der Waals surface area contributed by atoms with Gasteiger partial charge in [0.15, 0.2) is 0 Å². The fourth-order valence-corrected chi connectivity index (χ4v) is 1.58. The van der Waals surface area contributed by atoms with Gasteiger partial charge >= 0.3 is 0 Å². The Morgan fingerprint density at radius 2 is 2.00 bits per heavy atom. The normalized spacial score (nSPS) is 12.9. The van der Waals surface area contributed by atoms with Crippen molar-refractivity contribution in [1.82, 2.24) is 0 Å². The second kappa shape index (κ2) is 5.44. The van der Waals surface area contributed by atoms with E-state index in [1.165, 1.54) is 18.2 Å². The molecule has 16 heavy (non-hydrogen) atoms. The Labute approximate surface area is 101 Å². The van der Waals surface area contributed by atoms with E-state index in [2.05, 4.69) is 0 Å². The Morgan fingerprint density at radius 3 is 2.56 bits per heavy atom. The first-order valence-electron chi connectivity index (χ1n) is 5.38. The maximum atomic E-state index is 13.0. The van der Waals surface area contributed by atoms with Gasteiger partial charge in [0, 0.05) is 17.4 Å². The van der Waals surface area contributed by atoms with Crippen molar-refractivity contribution in [3.63, 3.8) is 0 Å². The summed E-state index contributed by atoms with van der Waals surface area (Å²) in [7, 11) is 0. The number of Topliss-reactive ketones (excluding diaryl/α,β-unsaturated/α-hetero) is 1. The second-order valence-corrected chi connectivity index (χ2v) is 4.82. The molecule has 88 valence electrons. The molecule has 1 aromatic carbocycles. The van der Waals surface area contributed by atoms with Gasteiger partial charge < -0.3 is 0 Å². The first-order chi connectivity index (χ1) is 7.41. The molecule has 0 aliphatic heterocycles. The molecule has 1 nitrogen and oxygen atoms in total. The molecule has 0 aliphatic rings. The topological polar surface area (TPSA) is 17.1 Å². The highest BCUT2D eigenvalue weighted by Gasteiger charge is 2.18. The highest BCUT2D eigenvalue weighted by atomic mass is 35.5. The number of benzene rings is 1. The first-order valence-corrected chi connectivity index (χ1v) is 5.76. The molecule has 0 heterocycles. The van der Waals surface area contributed by atoms with Crippen LogP contribution in [0.5, 0.6) is 0 Å². The van der Waals surface area contributed by atoms with Crippen LogP contribution in [0, 0.1) is 17.7 Å². The van der Waals surface area contributed by atoms with Crippen LogP contribution in [0.1, 0.15) is 26.3 Å². The monoisotopic (exact) mass is 242 g/mol. The lowest BCUT2D eigenvalue weighted by Gasteiger charge is -2.14. The summed E-state index contributed by atoms with van der Waals surface area (Å²) in [4.78, 5) is 11.8. The van der Waals surface area contributed by atoms with Crippen molar-refractivity contribution in [3.8, 4) is 0 Å². The number of carbonyl (C=O) groups excluding carboxylic acids is 1. The van der Waals surface area contributed by atoms with Gasteiger partial charge in [0.1, 0.15) is 11.6 Å². The van der Waals surface area contributed by atoms with E-state index in [1.807, 2.05) is 20.8 Å². The van der Waals surface area contributed by atoms with Gasteiger partial charge in [-0.15, -0.1) is 0 Å². The van der Waals surface area contributed by atoms with Gasteiger partial charge in [-0.05, 0) is 29.7 Å². The van der Waals surface area contributed by atoms with Gasteiger partial charge in [0.25, 0.3) is 0 Å². The molecule has 0 aliphatic carbocycles. The summed E-state index contributed by atoms with van der Waals surface area (Å²) < 4.78 is 13.0. The van der Waals surface area contributed by atoms with Crippen LogP contribution in [0.15, 0.2) is 18.2 Å². The molecule has 0 aromatic heterocycles. The maximum Gasteiger partial charge on any atom is 0.140 e. The molecule has 0 bridgehead atoms. The van der Waals surface area contributed by atoms with Crippen molar-refractivity contribution in [2.45, 2.75) is 27.2 Å². The van der Waals surface area contributed by atoms with Crippen LogP contribution in [-0.4, -0.2) is 5.78 Å². The van der Waals surface area contributed by atoms with Crippen LogP contribution >= 0.6 is 11.6 Å². The lowest BCUT2D eigenvalue weighted by atomic mass is 9.90. The van der Waals surface area contributed by atoms with Crippen LogP contribution < -0.4 is 0 Å². The molecule has 1 aromatic rings. The zero-order valence-corrected chi connectivity index (χ0v) is 10.5. The highest BCUT2D eigenvalue weighted by molar-refractivity contribution is 6.31. The standard InChI is InChI=1S/C13H16ClFO/c1-8(2)9(3)13(16)7-10-6-11(15)4-5-12(10)14/h4-6,8-9H,7H2,1-3H3. The molecule has 0 fully saturated rings. The number of hydrogen-bond acceptors (Lipinski definition) is 1. The summed E-state index contributed by atoms with van der Waals surface area (Å²) in [5, 5.41) is 0.450. The highest BCUT2D eigenvalue weighted by Crippen LogP contribution is 2.20. The Bertz CT molecular complexity index is 388. The van der Waals surface area contributed by atoms with Crippen molar-refractivity contribution in [2.75, 3.05) is 0 Å². The minimum atomic E-state index is -0.357. The molecule has 0 spiro atoms. The molecule has 1 unspecified atom stereocenters. The van der Waals surface area contributed by atoms with Crippen LogP contribution in [-0.2, 0) is 11.2 Å². The van der Waals surface area contributed by atoms with E-state index in [9.17, 15) is 9.18 Å².